The molecule has 12 nitrogen and oxygen atoms in total. The summed E-state index contributed by atoms with van der Waals surface area (Å²) < 4.78 is 68.1. The number of unbranched alkanes of at least 4 members (excludes halogenated alkanes) is 24. The van der Waals surface area contributed by atoms with Crippen molar-refractivity contribution in [3.8, 4) is 0 Å². The zero-order valence-corrected chi connectivity index (χ0v) is 42.3. The van der Waals surface area contributed by atoms with E-state index < -0.39 is 31.3 Å². The number of rotatable bonds is 42. The Morgan fingerprint density at radius 1 is 0.500 bits per heavy atom. The zero-order chi connectivity index (χ0) is 45.3. The number of quaternary nitrogens is 1. The summed E-state index contributed by atoms with van der Waals surface area (Å²) in [6.45, 7) is 11.6. The summed E-state index contributed by atoms with van der Waals surface area (Å²) in [4.78, 5) is 10.4. The maximum absolute atomic E-state index is 12.8. The predicted molar refractivity (Wildman–Crippen MR) is 250 cm³/mol. The summed E-state index contributed by atoms with van der Waals surface area (Å²) in [5.74, 6) is -2.34. The van der Waals surface area contributed by atoms with E-state index in [1.165, 1.54) is 141 Å². The molecule has 370 valence electrons. The molecule has 13 heteroatoms. The van der Waals surface area contributed by atoms with Gasteiger partial charge < -0.3 is 42.5 Å². The molecule has 1 N–H and O–H groups in total. The third-order valence-corrected chi connectivity index (χ3v) is 13.3. The quantitative estimate of drug-likeness (QED) is 0.0358. The van der Waals surface area contributed by atoms with Gasteiger partial charge in [0.1, 0.15) is 19.3 Å². The first-order chi connectivity index (χ1) is 29.9. The first kappa shape index (κ1) is 57.9. The summed E-state index contributed by atoms with van der Waals surface area (Å²) in [6, 6.07) is 0. The van der Waals surface area contributed by atoms with Crippen molar-refractivity contribution in [3.63, 3.8) is 0 Å². The van der Waals surface area contributed by atoms with E-state index in [9.17, 15) is 9.46 Å². The van der Waals surface area contributed by atoms with Gasteiger partial charge in [-0.2, -0.15) is 0 Å². The first-order valence-corrected chi connectivity index (χ1v) is 27.2. The Balaban J connectivity index is 1.75. The minimum absolute atomic E-state index is 0.0529. The molecule has 0 bridgehead atoms. The number of phosphoric acid groups is 1. The Morgan fingerprint density at radius 2 is 0.871 bits per heavy atom. The number of nitrogens with zero attached hydrogens (tertiary/aromatic N) is 1. The Kier molecular flexibility index (Phi) is 31.9. The molecular weight excluding hydrogens is 810 g/mol. The maximum Gasteiger partial charge on any atom is 0.472 e. The van der Waals surface area contributed by atoms with Gasteiger partial charge in [0.25, 0.3) is 11.9 Å². The molecule has 2 heterocycles. The summed E-state index contributed by atoms with van der Waals surface area (Å²) in [5.41, 5.74) is -0.486. The number of hydrogen-bond donors (Lipinski definition) is 1. The van der Waals surface area contributed by atoms with Crippen LogP contribution in [-0.2, 0) is 46.8 Å². The average molecular weight is 909 g/mol. The van der Waals surface area contributed by atoms with Crippen molar-refractivity contribution in [2.75, 3.05) is 87.1 Å². The summed E-state index contributed by atoms with van der Waals surface area (Å²) in [5, 5.41) is 0. The summed E-state index contributed by atoms with van der Waals surface area (Å²) >= 11 is 0. The second kappa shape index (κ2) is 34.1. The number of hydrogen-bond acceptors (Lipinski definition) is 10. The lowest BCUT2D eigenvalue weighted by molar-refractivity contribution is -0.870. The molecule has 0 amide bonds. The van der Waals surface area contributed by atoms with Crippen molar-refractivity contribution in [3.05, 3.63) is 0 Å². The topological polar surface area (TPSA) is 120 Å². The Bertz CT molecular complexity index is 1090. The van der Waals surface area contributed by atoms with Crippen LogP contribution >= 0.6 is 7.82 Å². The second-order valence-corrected chi connectivity index (χ2v) is 20.9. The van der Waals surface area contributed by atoms with Gasteiger partial charge in [0.05, 0.1) is 72.8 Å². The van der Waals surface area contributed by atoms with E-state index in [-0.39, 0.29) is 19.8 Å². The van der Waals surface area contributed by atoms with Crippen molar-refractivity contribution in [2.24, 2.45) is 5.41 Å². The molecule has 0 aromatic rings. The molecule has 0 aliphatic carbocycles. The molecule has 0 saturated carbocycles. The van der Waals surface area contributed by atoms with Gasteiger partial charge in [-0.05, 0) is 12.8 Å². The zero-order valence-electron chi connectivity index (χ0n) is 41.4. The smallest absolute Gasteiger partial charge is 0.373 e. The van der Waals surface area contributed by atoms with E-state index >= 15 is 0 Å². The van der Waals surface area contributed by atoms with E-state index in [1.807, 2.05) is 35.0 Å². The molecule has 2 rings (SSSR count). The van der Waals surface area contributed by atoms with E-state index in [4.69, 9.17) is 42.2 Å². The van der Waals surface area contributed by atoms with Crippen LogP contribution in [0.15, 0.2) is 0 Å². The second-order valence-electron chi connectivity index (χ2n) is 19.5. The van der Waals surface area contributed by atoms with Crippen LogP contribution in [0.1, 0.15) is 207 Å². The summed E-state index contributed by atoms with van der Waals surface area (Å²) in [7, 11) is 1.69. The van der Waals surface area contributed by atoms with Crippen LogP contribution in [0.4, 0.5) is 0 Å². The van der Waals surface area contributed by atoms with Crippen LogP contribution in [-0.4, -0.2) is 115 Å². The van der Waals surface area contributed by atoms with E-state index in [2.05, 4.69) is 13.8 Å². The minimum Gasteiger partial charge on any atom is -0.373 e. The van der Waals surface area contributed by atoms with E-state index in [0.717, 1.165) is 25.7 Å². The lowest BCUT2D eigenvalue weighted by Gasteiger charge is -2.50. The van der Waals surface area contributed by atoms with Crippen molar-refractivity contribution in [2.45, 2.75) is 226 Å². The van der Waals surface area contributed by atoms with Crippen LogP contribution in [0.3, 0.4) is 0 Å². The van der Waals surface area contributed by atoms with Gasteiger partial charge >= 0.3 is 7.82 Å². The summed E-state index contributed by atoms with van der Waals surface area (Å²) in [6.07, 6.45) is 33.9. The van der Waals surface area contributed by atoms with Gasteiger partial charge in [0.2, 0.25) is 0 Å². The van der Waals surface area contributed by atoms with Crippen molar-refractivity contribution >= 4 is 7.82 Å². The van der Waals surface area contributed by atoms with Crippen molar-refractivity contribution < 1.29 is 56.1 Å². The van der Waals surface area contributed by atoms with Crippen LogP contribution in [0.5, 0.6) is 0 Å². The Labute approximate surface area is 381 Å². The third-order valence-electron chi connectivity index (χ3n) is 12.4. The Morgan fingerprint density at radius 3 is 1.26 bits per heavy atom. The fraction of sp³-hybridized carbons (Fsp3) is 1.00. The molecule has 0 radical (unpaired) electrons. The van der Waals surface area contributed by atoms with Gasteiger partial charge in [-0.1, -0.05) is 182 Å². The molecule has 2 fully saturated rings. The highest BCUT2D eigenvalue weighted by Crippen LogP contribution is 2.44. The molecule has 2 aliphatic rings. The SMILES string of the molecule is CCCCCCCCCCCCCCCCCCO[C@H](COC1(CC)OCC2(COC(CC)(OCCCCCCCCCCCC)OC2)CO1)COP(=O)(O)OCC[N+](C)(C)C. The standard InChI is InChI=1S/C49H98NO11P/c1-8-12-14-16-18-20-22-23-24-25-26-27-28-30-32-34-37-53-46(41-61-62(51,52)60-39-36-50(5,6)7)40-55-49(11-4)58-44-47(45-59-49)42-56-48(10-3,57-43-47)54-38-35-33-31-29-21-19-17-15-13-9-2/h46H,8-45H2,1-7H3/p+1/t46-,47?,48?,49?/m1/s1. The van der Waals surface area contributed by atoms with Crippen molar-refractivity contribution in [1.82, 2.24) is 0 Å². The van der Waals surface area contributed by atoms with Gasteiger partial charge in [-0.3, -0.25) is 9.05 Å². The molecule has 1 unspecified atom stereocenters. The maximum atomic E-state index is 12.8. The minimum atomic E-state index is -4.29. The molecule has 0 aromatic carbocycles. The van der Waals surface area contributed by atoms with Crippen LogP contribution in [0, 0.1) is 5.41 Å². The number of ether oxygens (including phenoxy) is 7. The molecule has 2 atom stereocenters. The lowest BCUT2D eigenvalue weighted by atomic mass is 9.90. The van der Waals surface area contributed by atoms with Crippen molar-refractivity contribution in [1.29, 1.82) is 0 Å². The molecule has 1 spiro atoms. The van der Waals surface area contributed by atoms with Gasteiger partial charge in [-0.25, -0.2) is 4.57 Å². The van der Waals surface area contributed by atoms with Gasteiger partial charge in [0, 0.05) is 19.4 Å². The molecule has 2 aliphatic heterocycles. The fourth-order valence-corrected chi connectivity index (χ4v) is 8.63. The number of phosphoric ester groups is 1. The number of likely N-dealkylation sites (N-methyl/N-ethyl adjacent to an activating group) is 1. The fourth-order valence-electron chi connectivity index (χ4n) is 7.89. The molecular formula is C49H99NO11P+. The lowest BCUT2D eigenvalue weighted by Crippen LogP contribution is -2.60. The highest BCUT2D eigenvalue weighted by molar-refractivity contribution is 7.47. The van der Waals surface area contributed by atoms with E-state index in [1.54, 1.807) is 0 Å². The highest BCUT2D eigenvalue weighted by atomic mass is 31.2. The van der Waals surface area contributed by atoms with E-state index in [0.29, 0.717) is 63.5 Å². The average Bonchev–Trinajstić information content (AvgIpc) is 3.25. The normalized spacial score (nSPS) is 23.5. The Hall–Kier alpha value is -0.210. The van der Waals surface area contributed by atoms with Gasteiger partial charge in [-0.15, -0.1) is 0 Å². The van der Waals surface area contributed by atoms with Crippen LogP contribution < -0.4 is 0 Å². The molecule has 62 heavy (non-hydrogen) atoms. The van der Waals surface area contributed by atoms with Crippen LogP contribution in [0.25, 0.3) is 0 Å². The molecule has 2 saturated heterocycles. The first-order valence-electron chi connectivity index (χ1n) is 25.7. The highest BCUT2D eigenvalue weighted by Gasteiger charge is 2.51. The third kappa shape index (κ3) is 27.4. The monoisotopic (exact) mass is 909 g/mol. The predicted octanol–water partition coefficient (Wildman–Crippen LogP) is 12.6. The molecule has 0 aromatic heterocycles. The largest absolute Gasteiger partial charge is 0.472 e. The van der Waals surface area contributed by atoms with Gasteiger partial charge in [0.15, 0.2) is 0 Å². The van der Waals surface area contributed by atoms with Crippen LogP contribution in [0.2, 0.25) is 0 Å².